The second kappa shape index (κ2) is 9.90. The van der Waals surface area contributed by atoms with Crippen molar-refractivity contribution >= 4 is 22.9 Å². The van der Waals surface area contributed by atoms with Crippen LogP contribution in [0.5, 0.6) is 0 Å². The molecule has 0 aromatic heterocycles. The first kappa shape index (κ1) is 15.7. The molecule has 17 heavy (non-hydrogen) atoms. The van der Waals surface area contributed by atoms with Gasteiger partial charge in [-0.1, -0.05) is 24.3 Å². The van der Waals surface area contributed by atoms with Crippen molar-refractivity contribution in [3.8, 4) is 0 Å². The second-order valence-electron chi connectivity index (χ2n) is 3.22. The Morgan fingerprint density at radius 2 is 2.06 bits per heavy atom. The summed E-state index contributed by atoms with van der Waals surface area (Å²) in [5.74, 6) is 0. The van der Waals surface area contributed by atoms with Gasteiger partial charge >= 0.3 is 6.09 Å². The fourth-order valence-electron chi connectivity index (χ4n) is 1.12. The highest BCUT2D eigenvalue weighted by molar-refractivity contribution is 6.64. The molecular formula is C12H18ClNO3. The molecule has 0 atom stereocenters. The molecule has 96 valence electrons. The lowest BCUT2D eigenvalue weighted by Crippen LogP contribution is -2.35. The number of ether oxygens (including phenoxy) is 1. The highest BCUT2D eigenvalue weighted by atomic mass is 35.5. The van der Waals surface area contributed by atoms with Gasteiger partial charge in [0.05, 0.1) is 13.2 Å². The Morgan fingerprint density at radius 1 is 1.35 bits per heavy atom. The largest absolute Gasteiger partial charge is 0.450 e. The molecule has 0 bridgehead atoms. The van der Waals surface area contributed by atoms with Crippen LogP contribution in [-0.4, -0.2) is 35.9 Å². The molecule has 0 aliphatic carbocycles. The van der Waals surface area contributed by atoms with E-state index in [1.165, 1.54) is 4.90 Å². The van der Waals surface area contributed by atoms with Crippen LogP contribution in [0.3, 0.4) is 0 Å². The summed E-state index contributed by atoms with van der Waals surface area (Å²) < 4.78 is 4.82. The van der Waals surface area contributed by atoms with Crippen LogP contribution in [0.1, 0.15) is 20.3 Å². The molecule has 0 fully saturated rings. The Hall–Kier alpha value is -1.29. The molecule has 5 heteroatoms. The first-order chi connectivity index (χ1) is 8.11. The molecule has 0 rings (SSSR count). The summed E-state index contributed by atoms with van der Waals surface area (Å²) in [5, 5.41) is -0.574. The van der Waals surface area contributed by atoms with E-state index in [1.807, 2.05) is 31.2 Å². The van der Waals surface area contributed by atoms with Crippen LogP contribution in [0, 0.1) is 0 Å². The normalized spacial score (nSPS) is 11.0. The summed E-state index contributed by atoms with van der Waals surface area (Å²) in [6.07, 6.45) is 7.72. The van der Waals surface area contributed by atoms with Gasteiger partial charge in [0.15, 0.2) is 0 Å². The van der Waals surface area contributed by atoms with E-state index in [9.17, 15) is 9.59 Å². The molecular weight excluding hydrogens is 242 g/mol. The predicted molar refractivity (Wildman–Crippen MR) is 68.0 cm³/mol. The van der Waals surface area contributed by atoms with Gasteiger partial charge in [0.2, 0.25) is 5.24 Å². The van der Waals surface area contributed by atoms with Crippen LogP contribution in [0.2, 0.25) is 0 Å². The lowest BCUT2D eigenvalue weighted by Gasteiger charge is -2.18. The highest BCUT2D eigenvalue weighted by Gasteiger charge is 2.15. The van der Waals surface area contributed by atoms with Crippen LogP contribution in [0.25, 0.3) is 0 Å². The van der Waals surface area contributed by atoms with Gasteiger partial charge in [0.1, 0.15) is 0 Å². The number of carbonyl (C=O) groups excluding carboxylic acids is 2. The molecule has 0 aliphatic heterocycles. The van der Waals surface area contributed by atoms with Crippen molar-refractivity contribution in [2.75, 3.05) is 19.7 Å². The lowest BCUT2D eigenvalue weighted by molar-refractivity contribution is -0.112. The Bertz CT molecular complexity index is 300. The number of hydrogen-bond donors (Lipinski definition) is 0. The monoisotopic (exact) mass is 259 g/mol. The lowest BCUT2D eigenvalue weighted by atomic mass is 10.3. The second-order valence-corrected chi connectivity index (χ2v) is 3.64. The van der Waals surface area contributed by atoms with Gasteiger partial charge in [-0.3, -0.25) is 9.69 Å². The quantitative estimate of drug-likeness (QED) is 0.522. The minimum absolute atomic E-state index is 0.127. The minimum Gasteiger partial charge on any atom is -0.450 e. The van der Waals surface area contributed by atoms with Crippen LogP contribution in [-0.2, 0) is 9.53 Å². The van der Waals surface area contributed by atoms with Crippen molar-refractivity contribution in [3.63, 3.8) is 0 Å². The van der Waals surface area contributed by atoms with E-state index in [-0.39, 0.29) is 13.2 Å². The average molecular weight is 260 g/mol. The molecule has 0 heterocycles. The Morgan fingerprint density at radius 3 is 2.59 bits per heavy atom. The molecule has 0 saturated carbocycles. The highest BCUT2D eigenvalue weighted by Crippen LogP contribution is 1.99. The maximum Gasteiger partial charge on any atom is 0.410 e. The molecule has 1 amide bonds. The van der Waals surface area contributed by atoms with Crippen molar-refractivity contribution in [3.05, 3.63) is 24.3 Å². The van der Waals surface area contributed by atoms with E-state index in [2.05, 4.69) is 0 Å². The topological polar surface area (TPSA) is 46.6 Å². The fourth-order valence-corrected chi connectivity index (χ4v) is 1.26. The van der Waals surface area contributed by atoms with E-state index in [0.717, 1.165) is 0 Å². The van der Waals surface area contributed by atoms with E-state index in [4.69, 9.17) is 16.3 Å². The third-order valence-electron chi connectivity index (χ3n) is 1.85. The van der Waals surface area contributed by atoms with Gasteiger partial charge in [-0.15, -0.1) is 0 Å². The molecule has 0 aliphatic rings. The van der Waals surface area contributed by atoms with Crippen LogP contribution >= 0.6 is 11.6 Å². The van der Waals surface area contributed by atoms with E-state index < -0.39 is 11.3 Å². The van der Waals surface area contributed by atoms with Crippen LogP contribution in [0.15, 0.2) is 24.3 Å². The van der Waals surface area contributed by atoms with Gasteiger partial charge < -0.3 is 4.74 Å². The van der Waals surface area contributed by atoms with Crippen molar-refractivity contribution in [2.45, 2.75) is 20.3 Å². The Kier molecular flexibility index (Phi) is 9.15. The van der Waals surface area contributed by atoms with Gasteiger partial charge in [0, 0.05) is 6.54 Å². The summed E-state index contributed by atoms with van der Waals surface area (Å²) in [5.41, 5.74) is 0. The van der Waals surface area contributed by atoms with Gasteiger partial charge in [-0.25, -0.2) is 4.79 Å². The molecule has 0 N–H and O–H groups in total. The molecule has 0 unspecified atom stereocenters. The summed E-state index contributed by atoms with van der Waals surface area (Å²) >= 11 is 5.26. The summed E-state index contributed by atoms with van der Waals surface area (Å²) in [7, 11) is 0. The van der Waals surface area contributed by atoms with E-state index >= 15 is 0 Å². The zero-order valence-corrected chi connectivity index (χ0v) is 10.9. The van der Waals surface area contributed by atoms with Crippen molar-refractivity contribution in [2.24, 2.45) is 0 Å². The van der Waals surface area contributed by atoms with E-state index in [0.29, 0.717) is 13.0 Å². The SMILES string of the molecule is CC=CC=CCCN(CC(=O)Cl)C(=O)OCC. The summed E-state index contributed by atoms with van der Waals surface area (Å²) in [4.78, 5) is 23.5. The third-order valence-corrected chi connectivity index (χ3v) is 1.97. The Labute approximate surface area is 107 Å². The number of amides is 1. The van der Waals surface area contributed by atoms with Gasteiger partial charge in [-0.05, 0) is 31.9 Å². The van der Waals surface area contributed by atoms with Crippen molar-refractivity contribution < 1.29 is 14.3 Å². The standard InChI is InChI=1S/C12H18ClNO3/c1-3-5-6-7-8-9-14(10-11(13)15)12(16)17-4-2/h3,5-7H,4,8-10H2,1-2H3. The first-order valence-electron chi connectivity index (χ1n) is 5.49. The molecule has 0 aromatic rings. The summed E-state index contributed by atoms with van der Waals surface area (Å²) in [6.45, 7) is 4.19. The summed E-state index contributed by atoms with van der Waals surface area (Å²) in [6, 6.07) is 0. The average Bonchev–Trinajstić information content (AvgIpc) is 2.27. The number of carbonyl (C=O) groups is 2. The van der Waals surface area contributed by atoms with Crippen molar-refractivity contribution in [1.29, 1.82) is 0 Å². The zero-order chi connectivity index (χ0) is 13.1. The number of allylic oxidation sites excluding steroid dienone is 3. The Balaban J connectivity index is 4.19. The number of nitrogens with zero attached hydrogens (tertiary/aromatic N) is 1. The number of hydrogen-bond acceptors (Lipinski definition) is 3. The molecule has 0 radical (unpaired) electrons. The molecule has 0 saturated heterocycles. The first-order valence-corrected chi connectivity index (χ1v) is 5.87. The molecule has 0 aromatic carbocycles. The smallest absolute Gasteiger partial charge is 0.410 e. The maximum atomic E-state index is 11.5. The fraction of sp³-hybridized carbons (Fsp3) is 0.500. The van der Waals surface area contributed by atoms with E-state index in [1.54, 1.807) is 6.92 Å². The number of rotatable bonds is 7. The third kappa shape index (κ3) is 8.51. The zero-order valence-electron chi connectivity index (χ0n) is 10.2. The molecule has 4 nitrogen and oxygen atoms in total. The van der Waals surface area contributed by atoms with Gasteiger partial charge in [-0.2, -0.15) is 0 Å². The predicted octanol–water partition coefficient (Wildman–Crippen LogP) is 2.73. The minimum atomic E-state index is -0.574. The maximum absolute atomic E-state index is 11.5. The van der Waals surface area contributed by atoms with Crippen LogP contribution < -0.4 is 0 Å². The van der Waals surface area contributed by atoms with Crippen LogP contribution in [0.4, 0.5) is 4.79 Å². The van der Waals surface area contributed by atoms with Gasteiger partial charge in [0.25, 0.3) is 0 Å². The number of halogens is 1. The van der Waals surface area contributed by atoms with Crippen molar-refractivity contribution in [1.82, 2.24) is 4.90 Å². The molecule has 0 spiro atoms.